The molecule has 1 fully saturated rings. The topological polar surface area (TPSA) is 12.5 Å². The summed E-state index contributed by atoms with van der Waals surface area (Å²) in [5, 5.41) is 0. The maximum atomic E-state index is 5.89. The van der Waals surface area contributed by atoms with Gasteiger partial charge in [0.2, 0.25) is 0 Å². The molecule has 2 rings (SSSR count). The normalized spacial score (nSPS) is 21.4. The smallest absolute Gasteiger partial charge is 0.0931 e. The first-order valence-corrected chi connectivity index (χ1v) is 6.48. The van der Waals surface area contributed by atoms with Crippen molar-refractivity contribution in [3.8, 4) is 0 Å². The molecule has 15 heavy (non-hydrogen) atoms. The molecule has 1 unspecified atom stereocenters. The summed E-state index contributed by atoms with van der Waals surface area (Å²) in [6.07, 6.45) is 2.85. The molecule has 84 valence electrons. The van der Waals surface area contributed by atoms with E-state index < -0.39 is 0 Å². The average molecular weight is 246 g/mol. The molecule has 2 heterocycles. The fourth-order valence-electron chi connectivity index (χ4n) is 1.90. The van der Waals surface area contributed by atoms with Gasteiger partial charge in [-0.3, -0.25) is 4.90 Å². The molecule has 0 amide bonds. The quantitative estimate of drug-likeness (QED) is 0.809. The van der Waals surface area contributed by atoms with Gasteiger partial charge < -0.3 is 4.74 Å². The van der Waals surface area contributed by atoms with Crippen molar-refractivity contribution in [2.24, 2.45) is 0 Å². The summed E-state index contributed by atoms with van der Waals surface area (Å²) in [5.74, 6) is 0. The van der Waals surface area contributed by atoms with E-state index in [1.165, 1.54) is 17.7 Å². The number of ether oxygens (including phenoxy) is 1. The Morgan fingerprint density at radius 3 is 3.07 bits per heavy atom. The zero-order valence-electron chi connectivity index (χ0n) is 8.91. The molecular weight excluding hydrogens is 230 g/mol. The van der Waals surface area contributed by atoms with E-state index in [0.29, 0.717) is 6.10 Å². The maximum absolute atomic E-state index is 5.89. The van der Waals surface area contributed by atoms with E-state index >= 15 is 0 Å². The first kappa shape index (κ1) is 11.4. The van der Waals surface area contributed by atoms with Crippen LogP contribution >= 0.6 is 22.9 Å². The summed E-state index contributed by atoms with van der Waals surface area (Å²) < 4.78 is 6.47. The van der Waals surface area contributed by atoms with Gasteiger partial charge in [-0.25, -0.2) is 0 Å². The van der Waals surface area contributed by atoms with Gasteiger partial charge in [0.25, 0.3) is 0 Å². The van der Waals surface area contributed by atoms with Crippen LogP contribution in [0, 0.1) is 0 Å². The molecule has 0 aliphatic carbocycles. The number of rotatable bonds is 4. The molecule has 0 N–H and O–H groups in total. The van der Waals surface area contributed by atoms with Crippen molar-refractivity contribution in [1.82, 2.24) is 4.90 Å². The van der Waals surface area contributed by atoms with E-state index in [4.69, 9.17) is 16.3 Å². The van der Waals surface area contributed by atoms with Crippen molar-refractivity contribution in [1.29, 1.82) is 0 Å². The summed E-state index contributed by atoms with van der Waals surface area (Å²) in [4.78, 5) is 3.62. The Hall–Kier alpha value is -0.0900. The van der Waals surface area contributed by atoms with Crippen LogP contribution in [0.1, 0.15) is 17.7 Å². The minimum absolute atomic E-state index is 0.436. The molecule has 0 bridgehead atoms. The molecule has 0 saturated carbocycles. The Morgan fingerprint density at radius 1 is 1.60 bits per heavy atom. The number of hydrogen-bond donors (Lipinski definition) is 0. The average Bonchev–Trinajstić information content (AvgIpc) is 2.77. The summed E-state index contributed by atoms with van der Waals surface area (Å²) >= 11 is 7.55. The Morgan fingerprint density at radius 2 is 2.47 bits per heavy atom. The summed E-state index contributed by atoms with van der Waals surface area (Å²) in [6.45, 7) is 2.93. The fraction of sp³-hybridized carbons (Fsp3) is 0.636. The van der Waals surface area contributed by atoms with Gasteiger partial charge in [-0.1, -0.05) is 11.6 Å². The number of hydrogen-bond acceptors (Lipinski definition) is 3. The van der Waals surface area contributed by atoms with E-state index in [1.54, 1.807) is 11.3 Å². The lowest BCUT2D eigenvalue weighted by Crippen LogP contribution is -2.27. The Balaban J connectivity index is 1.78. The van der Waals surface area contributed by atoms with E-state index in [9.17, 15) is 0 Å². The molecule has 1 aromatic rings. The Labute approximate surface area is 99.8 Å². The molecule has 1 atom stereocenters. The van der Waals surface area contributed by atoms with Crippen LogP contribution in [-0.2, 0) is 11.3 Å². The van der Waals surface area contributed by atoms with Gasteiger partial charge in [-0.2, -0.15) is 0 Å². The predicted molar refractivity (Wildman–Crippen MR) is 64.6 cm³/mol. The Kier molecular flexibility index (Phi) is 4.03. The lowest BCUT2D eigenvalue weighted by atomic mass is 10.2. The van der Waals surface area contributed by atoms with Crippen LogP contribution in [0.2, 0.25) is 4.34 Å². The van der Waals surface area contributed by atoms with Crippen molar-refractivity contribution in [3.05, 3.63) is 21.3 Å². The van der Waals surface area contributed by atoms with Crippen molar-refractivity contribution in [3.63, 3.8) is 0 Å². The molecular formula is C11H16ClNOS. The molecule has 1 aliphatic heterocycles. The van der Waals surface area contributed by atoms with Gasteiger partial charge in [-0.05, 0) is 32.0 Å². The zero-order valence-corrected chi connectivity index (χ0v) is 10.5. The first-order valence-electron chi connectivity index (χ1n) is 5.28. The second kappa shape index (κ2) is 5.30. The third-order valence-electron chi connectivity index (χ3n) is 2.59. The highest BCUT2D eigenvalue weighted by Crippen LogP contribution is 2.23. The SMILES string of the molecule is CN(Cc1ccc(Cl)s1)CC1CCCO1. The number of thiophene rings is 1. The van der Waals surface area contributed by atoms with Crippen LogP contribution in [0.15, 0.2) is 12.1 Å². The highest BCUT2D eigenvalue weighted by molar-refractivity contribution is 7.16. The molecule has 1 saturated heterocycles. The molecule has 0 spiro atoms. The molecule has 1 aliphatic rings. The minimum atomic E-state index is 0.436. The molecule has 2 nitrogen and oxygen atoms in total. The fourth-order valence-corrected chi connectivity index (χ4v) is 3.07. The predicted octanol–water partition coefficient (Wildman–Crippen LogP) is 3.01. The van der Waals surface area contributed by atoms with Gasteiger partial charge in [0.15, 0.2) is 0 Å². The largest absolute Gasteiger partial charge is 0.377 e. The third-order valence-corrected chi connectivity index (χ3v) is 3.81. The first-order chi connectivity index (χ1) is 7.24. The van der Waals surface area contributed by atoms with Crippen LogP contribution in [0.3, 0.4) is 0 Å². The van der Waals surface area contributed by atoms with Crippen molar-refractivity contribution < 1.29 is 4.74 Å². The van der Waals surface area contributed by atoms with Crippen molar-refractivity contribution in [2.45, 2.75) is 25.5 Å². The molecule has 4 heteroatoms. The maximum Gasteiger partial charge on any atom is 0.0931 e. The molecule has 0 aromatic carbocycles. The van der Waals surface area contributed by atoms with Crippen molar-refractivity contribution >= 4 is 22.9 Å². The van der Waals surface area contributed by atoms with E-state index in [-0.39, 0.29) is 0 Å². The third kappa shape index (κ3) is 3.45. The standard InChI is InChI=1S/C11H16ClNOS/c1-13(7-9-3-2-6-14-9)8-10-4-5-11(12)15-10/h4-5,9H,2-3,6-8H2,1H3. The van der Waals surface area contributed by atoms with Crippen LogP contribution in [0.5, 0.6) is 0 Å². The monoisotopic (exact) mass is 245 g/mol. The number of likely N-dealkylation sites (N-methyl/N-ethyl adjacent to an activating group) is 1. The van der Waals surface area contributed by atoms with Crippen LogP contribution in [0.25, 0.3) is 0 Å². The van der Waals surface area contributed by atoms with Crippen LogP contribution in [-0.4, -0.2) is 31.2 Å². The van der Waals surface area contributed by atoms with Crippen LogP contribution in [0.4, 0.5) is 0 Å². The van der Waals surface area contributed by atoms with E-state index in [2.05, 4.69) is 18.0 Å². The van der Waals surface area contributed by atoms with Crippen molar-refractivity contribution in [2.75, 3.05) is 20.2 Å². The summed E-state index contributed by atoms with van der Waals surface area (Å²) in [6, 6.07) is 4.06. The van der Waals surface area contributed by atoms with Gasteiger partial charge in [0, 0.05) is 24.6 Å². The summed E-state index contributed by atoms with van der Waals surface area (Å²) in [7, 11) is 2.13. The van der Waals surface area contributed by atoms with E-state index in [1.807, 2.05) is 6.07 Å². The second-order valence-electron chi connectivity index (χ2n) is 4.04. The number of halogens is 1. The minimum Gasteiger partial charge on any atom is -0.377 e. The lowest BCUT2D eigenvalue weighted by Gasteiger charge is -2.19. The highest BCUT2D eigenvalue weighted by atomic mass is 35.5. The Bertz CT molecular complexity index is 309. The van der Waals surface area contributed by atoms with Gasteiger partial charge in [0.05, 0.1) is 10.4 Å². The van der Waals surface area contributed by atoms with E-state index in [0.717, 1.165) is 24.0 Å². The van der Waals surface area contributed by atoms with Gasteiger partial charge in [0.1, 0.15) is 0 Å². The van der Waals surface area contributed by atoms with Gasteiger partial charge in [-0.15, -0.1) is 11.3 Å². The lowest BCUT2D eigenvalue weighted by molar-refractivity contribution is 0.0796. The zero-order chi connectivity index (χ0) is 10.7. The van der Waals surface area contributed by atoms with Gasteiger partial charge >= 0.3 is 0 Å². The van der Waals surface area contributed by atoms with Crippen LogP contribution < -0.4 is 0 Å². The second-order valence-corrected chi connectivity index (χ2v) is 5.84. The molecule has 0 radical (unpaired) electrons. The number of nitrogens with zero attached hydrogens (tertiary/aromatic N) is 1. The molecule has 1 aromatic heterocycles. The highest BCUT2D eigenvalue weighted by Gasteiger charge is 2.17. The summed E-state index contributed by atoms with van der Waals surface area (Å²) in [5.41, 5.74) is 0.